The molecule has 1 atom stereocenters. The van der Waals surface area contributed by atoms with Crippen LogP contribution in [0.4, 0.5) is 0 Å². The van der Waals surface area contributed by atoms with Crippen molar-refractivity contribution >= 4 is 16.7 Å². The number of aliphatic hydroxyl groups excluding tert-OH is 1. The fraction of sp³-hybridized carbons (Fsp3) is 0.276. The van der Waals surface area contributed by atoms with Gasteiger partial charge in [-0.15, -0.1) is 0 Å². The molecule has 1 aromatic heterocycles. The third-order valence-electron chi connectivity index (χ3n) is 5.60. The van der Waals surface area contributed by atoms with Gasteiger partial charge >= 0.3 is 0 Å². The summed E-state index contributed by atoms with van der Waals surface area (Å²) >= 11 is 1.49. The standard InChI is InChI=1S/C29H32N4O2S/c1-6-19(4)29(36-28(18(2)3)25(34)17-31)23-13-12-21(16-30)14-26(23)35-27-15-24(32-20(5)33-27)22-10-8-7-9-11-22/h7-15,25,34H,6,17,31H2,1-5H3/b29-19+. The summed E-state index contributed by atoms with van der Waals surface area (Å²) in [6, 6.07) is 19.2. The molecule has 1 unspecified atom stereocenters. The van der Waals surface area contributed by atoms with Gasteiger partial charge in [0.25, 0.3) is 0 Å². The highest BCUT2D eigenvalue weighted by Crippen LogP contribution is 2.44. The van der Waals surface area contributed by atoms with Crippen LogP contribution in [0.25, 0.3) is 16.2 Å². The molecule has 3 rings (SSSR count). The van der Waals surface area contributed by atoms with Gasteiger partial charge in [-0.25, -0.2) is 4.98 Å². The zero-order chi connectivity index (χ0) is 26.2. The van der Waals surface area contributed by atoms with Crippen molar-refractivity contribution in [2.24, 2.45) is 5.73 Å². The molecule has 0 bridgehead atoms. The van der Waals surface area contributed by atoms with Crippen LogP contribution in [-0.4, -0.2) is 27.7 Å². The smallest absolute Gasteiger partial charge is 0.223 e. The Kier molecular flexibility index (Phi) is 9.43. The topological polar surface area (TPSA) is 105 Å². The monoisotopic (exact) mass is 500 g/mol. The zero-order valence-electron chi connectivity index (χ0n) is 21.4. The van der Waals surface area contributed by atoms with Crippen molar-refractivity contribution in [3.8, 4) is 29.0 Å². The average molecular weight is 501 g/mol. The van der Waals surface area contributed by atoms with Crippen molar-refractivity contribution in [3.05, 3.63) is 87.6 Å². The van der Waals surface area contributed by atoms with E-state index in [0.29, 0.717) is 23.0 Å². The summed E-state index contributed by atoms with van der Waals surface area (Å²) in [6.07, 6.45) is 0.0433. The van der Waals surface area contributed by atoms with Crippen LogP contribution in [0.15, 0.2) is 70.6 Å². The van der Waals surface area contributed by atoms with E-state index in [0.717, 1.165) is 44.2 Å². The summed E-state index contributed by atoms with van der Waals surface area (Å²) < 4.78 is 6.35. The number of aryl methyl sites for hydroxylation is 1. The van der Waals surface area contributed by atoms with Crippen molar-refractivity contribution in [2.45, 2.75) is 47.1 Å². The minimum absolute atomic E-state index is 0.130. The van der Waals surface area contributed by atoms with Gasteiger partial charge in [-0.1, -0.05) is 60.2 Å². The Hall–Kier alpha value is -3.44. The summed E-state index contributed by atoms with van der Waals surface area (Å²) in [5.41, 5.74) is 10.9. The second kappa shape index (κ2) is 12.5. The number of nitriles is 1. The van der Waals surface area contributed by atoms with Crippen LogP contribution < -0.4 is 10.5 Å². The zero-order valence-corrected chi connectivity index (χ0v) is 22.2. The van der Waals surface area contributed by atoms with Gasteiger partial charge in [0, 0.05) is 33.5 Å². The highest BCUT2D eigenvalue weighted by molar-refractivity contribution is 8.11. The summed E-state index contributed by atoms with van der Waals surface area (Å²) in [5, 5.41) is 20.1. The van der Waals surface area contributed by atoms with E-state index >= 15 is 0 Å². The summed E-state index contributed by atoms with van der Waals surface area (Å²) in [4.78, 5) is 10.8. The molecule has 0 aliphatic heterocycles. The van der Waals surface area contributed by atoms with Gasteiger partial charge in [0.15, 0.2) is 0 Å². The van der Waals surface area contributed by atoms with Crippen LogP contribution in [0, 0.1) is 18.3 Å². The number of allylic oxidation sites excluding steroid dienone is 2. The van der Waals surface area contributed by atoms with Gasteiger partial charge in [0.1, 0.15) is 11.6 Å². The number of rotatable bonds is 9. The SMILES string of the molecule is CC/C(C)=C(/SC(=C(C)C)C(O)CN)c1ccc(C#N)cc1Oc1cc(-c2ccccc2)nc(C)n1. The fourth-order valence-electron chi connectivity index (χ4n) is 3.58. The van der Waals surface area contributed by atoms with Crippen molar-refractivity contribution in [3.63, 3.8) is 0 Å². The first-order valence-corrected chi connectivity index (χ1v) is 12.7. The number of benzene rings is 2. The molecule has 3 N–H and O–H groups in total. The van der Waals surface area contributed by atoms with Crippen LogP contribution in [0.3, 0.4) is 0 Å². The third-order valence-corrected chi connectivity index (χ3v) is 7.28. The first kappa shape index (κ1) is 27.2. The first-order chi connectivity index (χ1) is 17.3. The lowest BCUT2D eigenvalue weighted by Gasteiger charge is -2.21. The normalized spacial score (nSPS) is 12.4. The van der Waals surface area contributed by atoms with Crippen LogP contribution >= 0.6 is 11.8 Å². The number of nitrogens with zero attached hydrogens (tertiary/aromatic N) is 3. The maximum absolute atomic E-state index is 10.6. The van der Waals surface area contributed by atoms with Gasteiger partial charge < -0.3 is 15.6 Å². The molecule has 1 heterocycles. The highest BCUT2D eigenvalue weighted by Gasteiger charge is 2.20. The van der Waals surface area contributed by atoms with Crippen LogP contribution in [-0.2, 0) is 0 Å². The number of aromatic nitrogens is 2. The summed E-state index contributed by atoms with van der Waals surface area (Å²) in [5.74, 6) is 1.48. The van der Waals surface area contributed by atoms with Crippen LogP contribution in [0.5, 0.6) is 11.6 Å². The van der Waals surface area contributed by atoms with Gasteiger partial charge in [0.2, 0.25) is 5.88 Å². The molecule has 0 saturated carbocycles. The van der Waals surface area contributed by atoms with Gasteiger partial charge in [-0.05, 0) is 52.3 Å². The van der Waals surface area contributed by atoms with Crippen LogP contribution in [0.1, 0.15) is 51.1 Å². The molecule has 0 saturated heterocycles. The Morgan fingerprint density at radius 1 is 1.11 bits per heavy atom. The van der Waals surface area contributed by atoms with E-state index < -0.39 is 6.10 Å². The summed E-state index contributed by atoms with van der Waals surface area (Å²) in [7, 11) is 0. The first-order valence-electron chi connectivity index (χ1n) is 11.8. The average Bonchev–Trinajstić information content (AvgIpc) is 2.88. The van der Waals surface area contributed by atoms with E-state index in [1.165, 1.54) is 11.8 Å². The molecule has 7 heteroatoms. The number of thioether (sulfide) groups is 1. The second-order valence-electron chi connectivity index (χ2n) is 8.61. The molecular weight excluding hydrogens is 468 g/mol. The Morgan fingerprint density at radius 2 is 1.83 bits per heavy atom. The van der Waals surface area contributed by atoms with Crippen molar-refractivity contribution in [1.82, 2.24) is 9.97 Å². The lowest BCUT2D eigenvalue weighted by Crippen LogP contribution is -2.21. The van der Waals surface area contributed by atoms with Gasteiger partial charge in [-0.2, -0.15) is 10.2 Å². The number of nitrogens with two attached hydrogens (primary N) is 1. The van der Waals surface area contributed by atoms with E-state index in [-0.39, 0.29) is 6.54 Å². The maximum Gasteiger partial charge on any atom is 0.223 e. The van der Waals surface area contributed by atoms with Crippen molar-refractivity contribution < 1.29 is 9.84 Å². The molecule has 0 radical (unpaired) electrons. The summed E-state index contributed by atoms with van der Waals surface area (Å²) in [6.45, 7) is 10.0. The third kappa shape index (κ3) is 6.61. The predicted octanol–water partition coefficient (Wildman–Crippen LogP) is 6.60. The Balaban J connectivity index is 2.13. The molecule has 3 aromatic rings. The molecule has 0 amide bonds. The Labute approximate surface area is 217 Å². The lowest BCUT2D eigenvalue weighted by molar-refractivity contribution is 0.227. The highest BCUT2D eigenvalue weighted by atomic mass is 32.2. The number of ether oxygens (including phenoxy) is 1. The number of hydrogen-bond donors (Lipinski definition) is 2. The number of hydrogen-bond acceptors (Lipinski definition) is 7. The molecule has 0 aliphatic rings. The van der Waals surface area contributed by atoms with E-state index in [2.05, 4.69) is 29.9 Å². The molecule has 2 aromatic carbocycles. The Bertz CT molecular complexity index is 1320. The minimum atomic E-state index is -0.764. The second-order valence-corrected chi connectivity index (χ2v) is 9.66. The maximum atomic E-state index is 10.6. The molecular formula is C29H32N4O2S. The molecule has 0 fully saturated rings. The molecule has 186 valence electrons. The molecule has 0 aliphatic carbocycles. The molecule has 6 nitrogen and oxygen atoms in total. The predicted molar refractivity (Wildman–Crippen MR) is 147 cm³/mol. The van der Waals surface area contributed by atoms with Gasteiger partial charge in [0.05, 0.1) is 23.4 Å². The number of aliphatic hydroxyl groups is 1. The van der Waals surface area contributed by atoms with E-state index in [9.17, 15) is 10.4 Å². The van der Waals surface area contributed by atoms with E-state index in [1.54, 1.807) is 18.2 Å². The fourth-order valence-corrected chi connectivity index (χ4v) is 4.83. The van der Waals surface area contributed by atoms with E-state index in [1.807, 2.05) is 57.2 Å². The lowest BCUT2D eigenvalue weighted by atomic mass is 10.1. The van der Waals surface area contributed by atoms with Crippen molar-refractivity contribution in [1.29, 1.82) is 5.26 Å². The Morgan fingerprint density at radius 3 is 2.44 bits per heavy atom. The van der Waals surface area contributed by atoms with Crippen molar-refractivity contribution in [2.75, 3.05) is 6.54 Å². The largest absolute Gasteiger partial charge is 0.438 e. The minimum Gasteiger partial charge on any atom is -0.438 e. The molecule has 0 spiro atoms. The van der Waals surface area contributed by atoms with Gasteiger partial charge in [-0.3, -0.25) is 0 Å². The quantitative estimate of drug-likeness (QED) is 0.341. The molecule has 36 heavy (non-hydrogen) atoms. The van der Waals surface area contributed by atoms with E-state index in [4.69, 9.17) is 10.5 Å². The van der Waals surface area contributed by atoms with Crippen LogP contribution in [0.2, 0.25) is 0 Å².